The molecule has 1 aliphatic rings. The fraction of sp³-hybridized carbons (Fsp3) is 0.786. The van der Waals surface area contributed by atoms with Crippen LogP contribution in [-0.2, 0) is 9.47 Å². The van der Waals surface area contributed by atoms with Gasteiger partial charge < -0.3 is 19.5 Å². The molecule has 0 bridgehead atoms. The van der Waals surface area contributed by atoms with Crippen LogP contribution in [0.5, 0.6) is 5.75 Å². The van der Waals surface area contributed by atoms with Crippen LogP contribution in [0.1, 0.15) is 45.0 Å². The molecule has 114 valence electrons. The molecule has 1 aromatic heterocycles. The van der Waals surface area contributed by atoms with Crippen LogP contribution in [0.15, 0.2) is 6.20 Å². The minimum absolute atomic E-state index is 0.1000. The summed E-state index contributed by atoms with van der Waals surface area (Å²) in [6, 6.07) is 0.378. The van der Waals surface area contributed by atoms with Crippen LogP contribution >= 0.6 is 0 Å². The van der Waals surface area contributed by atoms with E-state index in [0.29, 0.717) is 13.2 Å². The van der Waals surface area contributed by atoms with Crippen LogP contribution in [0, 0.1) is 0 Å². The highest BCUT2D eigenvalue weighted by Crippen LogP contribution is 2.31. The van der Waals surface area contributed by atoms with Gasteiger partial charge in [-0.15, -0.1) is 0 Å². The predicted octanol–water partition coefficient (Wildman–Crippen LogP) is 1.89. The van der Waals surface area contributed by atoms with E-state index >= 15 is 0 Å². The first-order chi connectivity index (χ1) is 9.67. The van der Waals surface area contributed by atoms with E-state index < -0.39 is 0 Å². The SMILES string of the molecule is CCNC(CC1OCCO1)c1c(OC)cnn1C(C)C. The first-order valence-corrected chi connectivity index (χ1v) is 7.25. The number of hydrogen-bond acceptors (Lipinski definition) is 5. The van der Waals surface area contributed by atoms with Gasteiger partial charge in [-0.3, -0.25) is 4.68 Å². The lowest BCUT2D eigenvalue weighted by atomic mass is 10.1. The molecule has 1 unspecified atom stereocenters. The quantitative estimate of drug-likeness (QED) is 0.828. The minimum atomic E-state index is -0.153. The van der Waals surface area contributed by atoms with Crippen molar-refractivity contribution >= 4 is 0 Å². The van der Waals surface area contributed by atoms with E-state index in [9.17, 15) is 0 Å². The second-order valence-corrected chi connectivity index (χ2v) is 5.15. The maximum absolute atomic E-state index is 5.57. The summed E-state index contributed by atoms with van der Waals surface area (Å²) < 4.78 is 18.6. The second kappa shape index (κ2) is 7.06. The van der Waals surface area contributed by atoms with Gasteiger partial charge in [-0.2, -0.15) is 5.10 Å². The molecule has 1 saturated heterocycles. The molecule has 0 radical (unpaired) electrons. The first-order valence-electron chi connectivity index (χ1n) is 7.25. The normalized spacial score (nSPS) is 17.9. The molecule has 0 aliphatic carbocycles. The Morgan fingerprint density at radius 3 is 2.70 bits per heavy atom. The van der Waals surface area contributed by atoms with Gasteiger partial charge in [0.05, 0.1) is 38.3 Å². The third-order valence-corrected chi connectivity index (χ3v) is 3.41. The maximum Gasteiger partial charge on any atom is 0.161 e. The number of methoxy groups -OCH3 is 1. The molecule has 2 heterocycles. The zero-order chi connectivity index (χ0) is 14.5. The molecule has 2 rings (SSSR count). The highest BCUT2D eigenvalue weighted by atomic mass is 16.7. The van der Waals surface area contributed by atoms with Gasteiger partial charge in [-0.05, 0) is 20.4 Å². The minimum Gasteiger partial charge on any atom is -0.493 e. The summed E-state index contributed by atoms with van der Waals surface area (Å²) in [6.45, 7) is 8.52. The van der Waals surface area contributed by atoms with Crippen molar-refractivity contribution in [1.82, 2.24) is 15.1 Å². The standard InChI is InChI=1S/C14H25N3O3/c1-5-15-11(8-13-19-6-7-20-13)14-12(18-4)9-16-17(14)10(2)3/h9-11,13,15H,5-8H2,1-4H3. The Bertz CT molecular complexity index is 414. The van der Waals surface area contributed by atoms with Gasteiger partial charge in [0.2, 0.25) is 0 Å². The zero-order valence-electron chi connectivity index (χ0n) is 12.8. The number of nitrogens with zero attached hydrogens (tertiary/aromatic N) is 2. The fourth-order valence-corrected chi connectivity index (χ4v) is 2.53. The van der Waals surface area contributed by atoms with E-state index in [-0.39, 0.29) is 18.4 Å². The third-order valence-electron chi connectivity index (χ3n) is 3.41. The van der Waals surface area contributed by atoms with Gasteiger partial charge in [0.25, 0.3) is 0 Å². The summed E-state index contributed by atoms with van der Waals surface area (Å²) in [5.41, 5.74) is 1.06. The van der Waals surface area contributed by atoms with Crippen molar-refractivity contribution in [2.75, 3.05) is 26.9 Å². The third kappa shape index (κ3) is 3.31. The van der Waals surface area contributed by atoms with Gasteiger partial charge >= 0.3 is 0 Å². The average molecular weight is 283 g/mol. The maximum atomic E-state index is 5.57. The molecule has 1 fully saturated rings. The molecule has 1 atom stereocenters. The Kier molecular flexibility index (Phi) is 5.39. The summed E-state index contributed by atoms with van der Waals surface area (Å²) in [7, 11) is 1.68. The number of hydrogen-bond donors (Lipinski definition) is 1. The lowest BCUT2D eigenvalue weighted by Crippen LogP contribution is -2.29. The summed E-state index contributed by atoms with van der Waals surface area (Å²) >= 11 is 0. The number of aromatic nitrogens is 2. The van der Waals surface area contributed by atoms with Crippen molar-refractivity contribution in [2.45, 2.75) is 45.6 Å². The van der Waals surface area contributed by atoms with E-state index in [1.807, 2.05) is 4.68 Å². The van der Waals surface area contributed by atoms with Crippen molar-refractivity contribution < 1.29 is 14.2 Å². The summed E-state index contributed by atoms with van der Waals surface area (Å²) in [5, 5.41) is 7.92. The van der Waals surface area contributed by atoms with E-state index in [0.717, 1.165) is 24.4 Å². The van der Waals surface area contributed by atoms with Crippen LogP contribution in [0.25, 0.3) is 0 Å². The predicted molar refractivity (Wildman–Crippen MR) is 75.9 cm³/mol. The van der Waals surface area contributed by atoms with Gasteiger partial charge in [-0.25, -0.2) is 0 Å². The van der Waals surface area contributed by atoms with E-state index in [1.165, 1.54) is 0 Å². The summed E-state index contributed by atoms with van der Waals surface area (Å²) in [5.74, 6) is 0.808. The average Bonchev–Trinajstić information content (AvgIpc) is 3.06. The molecule has 6 nitrogen and oxygen atoms in total. The van der Waals surface area contributed by atoms with Crippen LogP contribution in [-0.4, -0.2) is 42.9 Å². The van der Waals surface area contributed by atoms with E-state index in [2.05, 4.69) is 31.2 Å². The van der Waals surface area contributed by atoms with Crippen molar-refractivity contribution in [2.24, 2.45) is 0 Å². The Hall–Kier alpha value is -1.11. The number of rotatable bonds is 7. The molecule has 0 saturated carbocycles. The fourth-order valence-electron chi connectivity index (χ4n) is 2.53. The Morgan fingerprint density at radius 1 is 1.45 bits per heavy atom. The number of ether oxygens (including phenoxy) is 3. The van der Waals surface area contributed by atoms with Crippen LogP contribution in [0.4, 0.5) is 0 Å². The molecule has 0 spiro atoms. The van der Waals surface area contributed by atoms with Gasteiger partial charge in [0.1, 0.15) is 0 Å². The molecular weight excluding hydrogens is 258 g/mol. The van der Waals surface area contributed by atoms with Gasteiger partial charge in [0.15, 0.2) is 12.0 Å². The highest BCUT2D eigenvalue weighted by molar-refractivity contribution is 5.29. The lowest BCUT2D eigenvalue weighted by molar-refractivity contribution is -0.0535. The lowest BCUT2D eigenvalue weighted by Gasteiger charge is -2.24. The highest BCUT2D eigenvalue weighted by Gasteiger charge is 2.28. The largest absolute Gasteiger partial charge is 0.493 e. The summed E-state index contributed by atoms with van der Waals surface area (Å²) in [4.78, 5) is 0. The zero-order valence-corrected chi connectivity index (χ0v) is 12.8. The van der Waals surface area contributed by atoms with Crippen molar-refractivity contribution in [1.29, 1.82) is 0 Å². The molecule has 0 aromatic carbocycles. The molecule has 20 heavy (non-hydrogen) atoms. The van der Waals surface area contributed by atoms with Crippen molar-refractivity contribution in [3.63, 3.8) is 0 Å². The van der Waals surface area contributed by atoms with Crippen molar-refractivity contribution in [3.8, 4) is 5.75 Å². The van der Waals surface area contributed by atoms with Gasteiger partial charge in [-0.1, -0.05) is 6.92 Å². The summed E-state index contributed by atoms with van der Waals surface area (Å²) in [6.07, 6.45) is 2.37. The smallest absolute Gasteiger partial charge is 0.161 e. The Balaban J connectivity index is 2.24. The Morgan fingerprint density at radius 2 is 2.15 bits per heavy atom. The van der Waals surface area contributed by atoms with Crippen LogP contribution < -0.4 is 10.1 Å². The molecule has 1 N–H and O–H groups in total. The van der Waals surface area contributed by atoms with Crippen molar-refractivity contribution in [3.05, 3.63) is 11.9 Å². The van der Waals surface area contributed by atoms with Crippen LogP contribution in [0.2, 0.25) is 0 Å². The Labute approximate surface area is 120 Å². The molecule has 6 heteroatoms. The van der Waals surface area contributed by atoms with Crippen LogP contribution in [0.3, 0.4) is 0 Å². The van der Waals surface area contributed by atoms with E-state index in [4.69, 9.17) is 14.2 Å². The number of nitrogens with one attached hydrogen (secondary N) is 1. The molecule has 1 aromatic rings. The first kappa shape index (κ1) is 15.3. The topological polar surface area (TPSA) is 57.5 Å². The molecule has 1 aliphatic heterocycles. The molecule has 0 amide bonds. The monoisotopic (exact) mass is 283 g/mol. The molecular formula is C14H25N3O3. The van der Waals surface area contributed by atoms with Gasteiger partial charge in [0, 0.05) is 12.5 Å². The second-order valence-electron chi connectivity index (χ2n) is 5.15. The van der Waals surface area contributed by atoms with E-state index in [1.54, 1.807) is 13.3 Å².